The van der Waals surface area contributed by atoms with Gasteiger partial charge >= 0.3 is 6.18 Å². The quantitative estimate of drug-likeness (QED) is 0.506. The second kappa shape index (κ2) is 7.81. The van der Waals surface area contributed by atoms with E-state index in [1.165, 1.54) is 18.2 Å². The molecule has 0 spiro atoms. The number of nitrogens with zero attached hydrogens (tertiary/aromatic N) is 1. The molecule has 0 bridgehead atoms. The number of hydrogen-bond acceptors (Lipinski definition) is 1. The van der Waals surface area contributed by atoms with Crippen molar-refractivity contribution in [3.63, 3.8) is 0 Å². The number of aliphatic imine (C=N–C) groups is 1. The summed E-state index contributed by atoms with van der Waals surface area (Å²) < 4.78 is 51.1. The zero-order valence-electron chi connectivity index (χ0n) is 13.0. The molecule has 24 heavy (non-hydrogen) atoms. The van der Waals surface area contributed by atoms with Crippen molar-refractivity contribution in [2.45, 2.75) is 19.3 Å². The summed E-state index contributed by atoms with van der Waals surface area (Å²) in [4.78, 5) is 4.00. The Morgan fingerprint density at radius 1 is 0.958 bits per heavy atom. The van der Waals surface area contributed by atoms with Crippen LogP contribution in [0.2, 0.25) is 0 Å². The van der Waals surface area contributed by atoms with Gasteiger partial charge in [0.25, 0.3) is 0 Å². The summed E-state index contributed by atoms with van der Waals surface area (Å²) in [6, 6.07) is 11.2. The molecule has 0 amide bonds. The van der Waals surface area contributed by atoms with Crippen LogP contribution in [0, 0.1) is 5.82 Å². The Morgan fingerprint density at radius 2 is 1.58 bits per heavy atom. The summed E-state index contributed by atoms with van der Waals surface area (Å²) in [5.41, 5.74) is 0.486. The second-order valence-corrected chi connectivity index (χ2v) is 5.07. The molecule has 2 rings (SSSR count). The molecule has 0 aliphatic rings. The van der Waals surface area contributed by atoms with E-state index < -0.39 is 11.7 Å². The Labute approximate surface area is 137 Å². The van der Waals surface area contributed by atoms with Crippen LogP contribution in [0.1, 0.15) is 16.7 Å². The third-order valence-corrected chi connectivity index (χ3v) is 3.37. The van der Waals surface area contributed by atoms with Gasteiger partial charge in [0.2, 0.25) is 0 Å². The van der Waals surface area contributed by atoms with Gasteiger partial charge in [-0.1, -0.05) is 30.3 Å². The molecule has 7 heteroatoms. The van der Waals surface area contributed by atoms with E-state index >= 15 is 0 Å². The lowest BCUT2D eigenvalue weighted by atomic mass is 10.1. The monoisotopic (exact) mass is 339 g/mol. The van der Waals surface area contributed by atoms with Crippen molar-refractivity contribution in [3.05, 3.63) is 71.0 Å². The molecule has 2 N–H and O–H groups in total. The fourth-order valence-corrected chi connectivity index (χ4v) is 2.04. The third-order valence-electron chi connectivity index (χ3n) is 3.37. The molecule has 0 radical (unpaired) electrons. The number of guanidine groups is 1. The van der Waals surface area contributed by atoms with E-state index in [2.05, 4.69) is 15.6 Å². The van der Waals surface area contributed by atoms with E-state index in [-0.39, 0.29) is 12.4 Å². The first-order valence-corrected chi connectivity index (χ1v) is 7.24. The van der Waals surface area contributed by atoms with Gasteiger partial charge in [0.15, 0.2) is 5.96 Å². The van der Waals surface area contributed by atoms with Gasteiger partial charge < -0.3 is 10.6 Å². The van der Waals surface area contributed by atoms with E-state index in [4.69, 9.17) is 0 Å². The Kier molecular flexibility index (Phi) is 5.78. The van der Waals surface area contributed by atoms with E-state index in [9.17, 15) is 17.6 Å². The molecule has 2 aromatic carbocycles. The highest BCUT2D eigenvalue weighted by atomic mass is 19.4. The fraction of sp³-hybridized carbons (Fsp3) is 0.235. The Morgan fingerprint density at radius 3 is 2.17 bits per heavy atom. The maximum absolute atomic E-state index is 13.5. The van der Waals surface area contributed by atoms with Crippen LogP contribution in [0.5, 0.6) is 0 Å². The minimum Gasteiger partial charge on any atom is -0.352 e. The molecular weight excluding hydrogens is 322 g/mol. The minimum atomic E-state index is -4.34. The van der Waals surface area contributed by atoms with Crippen LogP contribution in [-0.4, -0.2) is 13.0 Å². The Bertz CT molecular complexity index is 694. The summed E-state index contributed by atoms with van der Waals surface area (Å²) in [5, 5.41) is 5.92. The van der Waals surface area contributed by atoms with E-state index in [0.29, 0.717) is 23.6 Å². The predicted octanol–water partition coefficient (Wildman–Crippen LogP) is 3.71. The van der Waals surface area contributed by atoms with Crippen molar-refractivity contribution < 1.29 is 17.6 Å². The van der Waals surface area contributed by atoms with Crippen molar-refractivity contribution >= 4 is 5.96 Å². The smallest absolute Gasteiger partial charge is 0.352 e. The lowest BCUT2D eigenvalue weighted by molar-refractivity contribution is -0.137. The molecule has 0 aliphatic heterocycles. The molecule has 0 atom stereocenters. The van der Waals surface area contributed by atoms with Gasteiger partial charge in [0.1, 0.15) is 5.82 Å². The summed E-state index contributed by atoms with van der Waals surface area (Å²) in [5.74, 6) is 0.112. The summed E-state index contributed by atoms with van der Waals surface area (Å²) >= 11 is 0. The van der Waals surface area contributed by atoms with Crippen LogP contribution in [0.25, 0.3) is 0 Å². The van der Waals surface area contributed by atoms with Gasteiger partial charge in [-0.15, -0.1) is 0 Å². The fourth-order valence-electron chi connectivity index (χ4n) is 2.04. The number of benzene rings is 2. The SMILES string of the molecule is CN=C(NCc1ccc(C(F)(F)F)cc1)NCc1ccccc1F. The third kappa shape index (κ3) is 4.97. The second-order valence-electron chi connectivity index (χ2n) is 5.07. The van der Waals surface area contributed by atoms with Crippen molar-refractivity contribution in [3.8, 4) is 0 Å². The summed E-state index contributed by atoms with van der Waals surface area (Å²) in [6.45, 7) is 0.550. The largest absolute Gasteiger partial charge is 0.416 e. The number of rotatable bonds is 4. The van der Waals surface area contributed by atoms with Crippen LogP contribution in [0.15, 0.2) is 53.5 Å². The first kappa shape index (κ1) is 17.8. The van der Waals surface area contributed by atoms with Gasteiger partial charge in [-0.05, 0) is 23.8 Å². The van der Waals surface area contributed by atoms with Gasteiger partial charge in [-0.25, -0.2) is 4.39 Å². The summed E-state index contributed by atoms with van der Waals surface area (Å²) in [6.07, 6.45) is -4.34. The van der Waals surface area contributed by atoms with Crippen LogP contribution in [0.3, 0.4) is 0 Å². The molecule has 0 saturated heterocycles. The van der Waals surface area contributed by atoms with E-state index in [1.807, 2.05) is 0 Å². The van der Waals surface area contributed by atoms with Crippen molar-refractivity contribution in [1.82, 2.24) is 10.6 Å². The van der Waals surface area contributed by atoms with Gasteiger partial charge in [-0.3, -0.25) is 4.99 Å². The zero-order chi connectivity index (χ0) is 17.6. The van der Waals surface area contributed by atoms with Gasteiger partial charge in [0, 0.05) is 25.7 Å². The number of alkyl halides is 3. The highest BCUT2D eigenvalue weighted by Gasteiger charge is 2.29. The normalized spacial score (nSPS) is 12.1. The van der Waals surface area contributed by atoms with Crippen LogP contribution in [-0.2, 0) is 19.3 Å². The van der Waals surface area contributed by atoms with Crippen LogP contribution >= 0.6 is 0 Å². The molecule has 128 valence electrons. The molecular formula is C17H17F4N3. The van der Waals surface area contributed by atoms with E-state index in [0.717, 1.165) is 12.1 Å². The van der Waals surface area contributed by atoms with Gasteiger partial charge in [-0.2, -0.15) is 13.2 Å². The number of hydrogen-bond donors (Lipinski definition) is 2. The highest BCUT2D eigenvalue weighted by Crippen LogP contribution is 2.29. The molecule has 3 nitrogen and oxygen atoms in total. The molecule has 0 aliphatic carbocycles. The molecule has 0 aromatic heterocycles. The topological polar surface area (TPSA) is 36.4 Å². The number of nitrogens with one attached hydrogen (secondary N) is 2. The molecule has 0 fully saturated rings. The summed E-state index contributed by atoms with van der Waals surface area (Å²) in [7, 11) is 1.56. The van der Waals surface area contributed by atoms with Gasteiger partial charge in [0.05, 0.1) is 5.56 Å². The average molecular weight is 339 g/mol. The lowest BCUT2D eigenvalue weighted by Crippen LogP contribution is -2.36. The zero-order valence-corrected chi connectivity index (χ0v) is 13.0. The van der Waals surface area contributed by atoms with Crippen molar-refractivity contribution in [2.75, 3.05) is 7.05 Å². The van der Waals surface area contributed by atoms with Crippen LogP contribution in [0.4, 0.5) is 17.6 Å². The average Bonchev–Trinajstić information content (AvgIpc) is 2.56. The maximum Gasteiger partial charge on any atom is 0.416 e. The minimum absolute atomic E-state index is 0.249. The predicted molar refractivity (Wildman–Crippen MR) is 84.9 cm³/mol. The number of halogens is 4. The van der Waals surface area contributed by atoms with Crippen molar-refractivity contribution in [1.29, 1.82) is 0 Å². The molecule has 0 unspecified atom stereocenters. The highest BCUT2D eigenvalue weighted by molar-refractivity contribution is 5.79. The first-order chi connectivity index (χ1) is 11.4. The standard InChI is InChI=1S/C17H17F4N3/c1-22-16(24-11-13-4-2-3-5-15(13)18)23-10-12-6-8-14(9-7-12)17(19,20)21/h2-9H,10-11H2,1H3,(H2,22,23,24). The maximum atomic E-state index is 13.5. The lowest BCUT2D eigenvalue weighted by Gasteiger charge is -2.13. The Balaban J connectivity index is 1.89. The first-order valence-electron chi connectivity index (χ1n) is 7.24. The molecule has 0 heterocycles. The van der Waals surface area contributed by atoms with Crippen LogP contribution < -0.4 is 10.6 Å². The van der Waals surface area contributed by atoms with Crippen molar-refractivity contribution in [2.24, 2.45) is 4.99 Å². The molecule has 0 saturated carbocycles. The molecule has 2 aromatic rings. The van der Waals surface area contributed by atoms with E-state index in [1.54, 1.807) is 25.2 Å². The Hall–Kier alpha value is -2.57.